The van der Waals surface area contributed by atoms with Crippen molar-refractivity contribution in [1.82, 2.24) is 14.9 Å². The molecule has 3 heterocycles. The summed E-state index contributed by atoms with van der Waals surface area (Å²) in [4.78, 5) is 35.4. The lowest BCUT2D eigenvalue weighted by molar-refractivity contribution is -0.141. The molecule has 1 amide bonds. The SMILES string of the molecule is O=C(O)C1CC(=O)N(C2CCCN(c3ncccn3)C2)C1. The molecular weight excluding hydrogens is 272 g/mol. The summed E-state index contributed by atoms with van der Waals surface area (Å²) in [6, 6.07) is 1.83. The molecule has 0 saturated carbocycles. The molecule has 1 aromatic heterocycles. The maximum absolute atomic E-state index is 12.0. The van der Waals surface area contributed by atoms with Gasteiger partial charge in [0.25, 0.3) is 0 Å². The number of carbonyl (C=O) groups excluding carboxylic acids is 1. The molecule has 2 atom stereocenters. The van der Waals surface area contributed by atoms with Gasteiger partial charge in [-0.2, -0.15) is 0 Å². The Labute approximate surface area is 122 Å². The van der Waals surface area contributed by atoms with Gasteiger partial charge in [0.05, 0.1) is 5.92 Å². The first-order chi connectivity index (χ1) is 10.1. The Morgan fingerprint density at radius 1 is 1.29 bits per heavy atom. The minimum Gasteiger partial charge on any atom is -0.481 e. The van der Waals surface area contributed by atoms with E-state index in [4.69, 9.17) is 5.11 Å². The van der Waals surface area contributed by atoms with E-state index in [1.54, 1.807) is 23.4 Å². The summed E-state index contributed by atoms with van der Waals surface area (Å²) in [5, 5.41) is 9.07. The number of likely N-dealkylation sites (tertiary alicyclic amines) is 1. The molecule has 0 aliphatic carbocycles. The van der Waals surface area contributed by atoms with Crippen molar-refractivity contribution in [3.8, 4) is 0 Å². The van der Waals surface area contributed by atoms with Crippen LogP contribution in [-0.4, -0.2) is 57.5 Å². The molecule has 112 valence electrons. The molecule has 2 unspecified atom stereocenters. The van der Waals surface area contributed by atoms with Crippen LogP contribution in [0.15, 0.2) is 18.5 Å². The summed E-state index contributed by atoms with van der Waals surface area (Å²) >= 11 is 0. The molecule has 0 aromatic carbocycles. The first kappa shape index (κ1) is 13.8. The van der Waals surface area contributed by atoms with Gasteiger partial charge in [-0.15, -0.1) is 0 Å². The van der Waals surface area contributed by atoms with Crippen LogP contribution in [0.3, 0.4) is 0 Å². The molecular formula is C14H18N4O3. The summed E-state index contributed by atoms with van der Waals surface area (Å²) in [5.74, 6) is -0.836. The molecule has 7 nitrogen and oxygen atoms in total. The van der Waals surface area contributed by atoms with Crippen molar-refractivity contribution in [2.45, 2.75) is 25.3 Å². The Morgan fingerprint density at radius 2 is 2.05 bits per heavy atom. The Morgan fingerprint density at radius 3 is 2.71 bits per heavy atom. The highest BCUT2D eigenvalue weighted by Gasteiger charge is 2.39. The quantitative estimate of drug-likeness (QED) is 0.866. The zero-order chi connectivity index (χ0) is 14.8. The summed E-state index contributed by atoms with van der Waals surface area (Å²) in [7, 11) is 0. The van der Waals surface area contributed by atoms with Gasteiger partial charge in [-0.25, -0.2) is 9.97 Å². The van der Waals surface area contributed by atoms with Gasteiger partial charge in [0.1, 0.15) is 0 Å². The van der Waals surface area contributed by atoms with Gasteiger partial charge in [-0.3, -0.25) is 9.59 Å². The van der Waals surface area contributed by atoms with Crippen molar-refractivity contribution in [1.29, 1.82) is 0 Å². The minimum absolute atomic E-state index is 0.0526. The lowest BCUT2D eigenvalue weighted by Crippen LogP contribution is -2.49. The average Bonchev–Trinajstić information content (AvgIpc) is 2.91. The second kappa shape index (κ2) is 5.67. The maximum Gasteiger partial charge on any atom is 0.308 e. The molecule has 2 aliphatic heterocycles. The third-order valence-corrected chi connectivity index (χ3v) is 4.18. The molecule has 2 fully saturated rings. The number of aliphatic carboxylic acids is 1. The largest absolute Gasteiger partial charge is 0.481 e. The molecule has 1 N–H and O–H groups in total. The highest BCUT2D eigenvalue weighted by molar-refractivity contribution is 5.86. The van der Waals surface area contributed by atoms with Gasteiger partial charge in [-0.1, -0.05) is 0 Å². The Hall–Kier alpha value is -2.18. The molecule has 21 heavy (non-hydrogen) atoms. The van der Waals surface area contributed by atoms with Gasteiger partial charge >= 0.3 is 5.97 Å². The number of amides is 1. The average molecular weight is 290 g/mol. The number of carboxylic acids is 1. The molecule has 1 aromatic rings. The van der Waals surface area contributed by atoms with Crippen LogP contribution in [0.5, 0.6) is 0 Å². The van der Waals surface area contributed by atoms with Gasteiger partial charge in [0, 0.05) is 44.5 Å². The molecule has 7 heteroatoms. The van der Waals surface area contributed by atoms with E-state index in [2.05, 4.69) is 14.9 Å². The van der Waals surface area contributed by atoms with E-state index < -0.39 is 11.9 Å². The normalized spacial score (nSPS) is 26.2. The van der Waals surface area contributed by atoms with Crippen LogP contribution in [0.2, 0.25) is 0 Å². The summed E-state index contributed by atoms with van der Waals surface area (Å²) in [5.41, 5.74) is 0. The zero-order valence-electron chi connectivity index (χ0n) is 11.7. The van der Waals surface area contributed by atoms with Crippen LogP contribution in [0.25, 0.3) is 0 Å². The van der Waals surface area contributed by atoms with Crippen molar-refractivity contribution < 1.29 is 14.7 Å². The molecule has 0 bridgehead atoms. The van der Waals surface area contributed by atoms with E-state index in [1.807, 2.05) is 0 Å². The molecule has 3 rings (SSSR count). The van der Waals surface area contributed by atoms with Gasteiger partial charge < -0.3 is 14.9 Å². The van der Waals surface area contributed by atoms with Crippen molar-refractivity contribution in [3.63, 3.8) is 0 Å². The van der Waals surface area contributed by atoms with Crippen LogP contribution in [0.1, 0.15) is 19.3 Å². The van der Waals surface area contributed by atoms with Crippen molar-refractivity contribution in [2.75, 3.05) is 24.5 Å². The first-order valence-electron chi connectivity index (χ1n) is 7.19. The van der Waals surface area contributed by atoms with E-state index in [1.165, 1.54) is 0 Å². The highest BCUT2D eigenvalue weighted by atomic mass is 16.4. The topological polar surface area (TPSA) is 86.6 Å². The van der Waals surface area contributed by atoms with E-state index in [9.17, 15) is 9.59 Å². The second-order valence-electron chi connectivity index (χ2n) is 5.58. The summed E-state index contributed by atoms with van der Waals surface area (Å²) in [6.07, 6.45) is 5.38. The number of rotatable bonds is 3. The number of anilines is 1. The monoisotopic (exact) mass is 290 g/mol. The Bertz CT molecular complexity index is 536. The number of nitrogens with zero attached hydrogens (tertiary/aromatic N) is 4. The predicted molar refractivity (Wildman–Crippen MR) is 74.7 cm³/mol. The van der Waals surface area contributed by atoms with E-state index >= 15 is 0 Å². The second-order valence-corrected chi connectivity index (χ2v) is 5.58. The minimum atomic E-state index is -0.884. The highest BCUT2D eigenvalue weighted by Crippen LogP contribution is 2.26. The van der Waals surface area contributed by atoms with Crippen molar-refractivity contribution >= 4 is 17.8 Å². The third kappa shape index (κ3) is 2.81. The third-order valence-electron chi connectivity index (χ3n) is 4.18. The fraction of sp³-hybridized carbons (Fsp3) is 0.571. The van der Waals surface area contributed by atoms with Gasteiger partial charge in [0.15, 0.2) is 0 Å². The van der Waals surface area contributed by atoms with Crippen LogP contribution < -0.4 is 4.90 Å². The van der Waals surface area contributed by atoms with Gasteiger partial charge in [-0.05, 0) is 18.9 Å². The van der Waals surface area contributed by atoms with Crippen LogP contribution in [0.4, 0.5) is 5.95 Å². The van der Waals surface area contributed by atoms with Crippen LogP contribution in [-0.2, 0) is 9.59 Å². The number of carbonyl (C=O) groups is 2. The lowest BCUT2D eigenvalue weighted by atomic mass is 10.0. The molecule has 2 saturated heterocycles. The zero-order valence-corrected chi connectivity index (χ0v) is 11.7. The molecule has 0 spiro atoms. The summed E-state index contributed by atoms with van der Waals surface area (Å²) in [6.45, 7) is 1.86. The van der Waals surface area contributed by atoms with Crippen LogP contribution in [0, 0.1) is 5.92 Å². The van der Waals surface area contributed by atoms with E-state index in [0.29, 0.717) is 19.0 Å². The number of hydrogen-bond donors (Lipinski definition) is 1. The standard InChI is InChI=1S/C14H18N4O3/c19-12-7-10(13(20)21)8-18(12)11-3-1-6-17(9-11)14-15-4-2-5-16-14/h2,4-5,10-11H,1,3,6-9H2,(H,20,21). The lowest BCUT2D eigenvalue weighted by Gasteiger charge is -2.37. The smallest absolute Gasteiger partial charge is 0.308 e. The number of carboxylic acid groups (broad SMARTS) is 1. The Kier molecular flexibility index (Phi) is 3.72. The summed E-state index contributed by atoms with van der Waals surface area (Å²) < 4.78 is 0. The molecule has 0 radical (unpaired) electrons. The number of aromatic nitrogens is 2. The van der Waals surface area contributed by atoms with Gasteiger partial charge in [0.2, 0.25) is 11.9 Å². The van der Waals surface area contributed by atoms with Crippen LogP contribution >= 0.6 is 0 Å². The van der Waals surface area contributed by atoms with E-state index in [-0.39, 0.29) is 18.4 Å². The Balaban J connectivity index is 1.69. The predicted octanol–water partition coefficient (Wildman–Crippen LogP) is 0.378. The fourth-order valence-electron chi connectivity index (χ4n) is 3.10. The fourth-order valence-corrected chi connectivity index (χ4v) is 3.10. The molecule has 2 aliphatic rings. The number of piperidine rings is 1. The van der Waals surface area contributed by atoms with E-state index in [0.717, 1.165) is 19.4 Å². The van der Waals surface area contributed by atoms with Crippen molar-refractivity contribution in [3.05, 3.63) is 18.5 Å². The van der Waals surface area contributed by atoms with Crippen molar-refractivity contribution in [2.24, 2.45) is 5.92 Å². The maximum atomic E-state index is 12.0. The first-order valence-corrected chi connectivity index (χ1v) is 7.19. The number of hydrogen-bond acceptors (Lipinski definition) is 5.